The van der Waals surface area contributed by atoms with E-state index < -0.39 is 11.8 Å². The van der Waals surface area contributed by atoms with Crippen molar-refractivity contribution in [2.45, 2.75) is 6.61 Å². The van der Waals surface area contributed by atoms with Gasteiger partial charge in [-0.25, -0.2) is 9.18 Å². The minimum atomic E-state index is -0.637. The molecule has 154 valence electrons. The number of carbonyl (C=O) groups excluding carboxylic acids is 1. The van der Waals surface area contributed by atoms with Crippen molar-refractivity contribution >= 4 is 35.4 Å². The quantitative estimate of drug-likeness (QED) is 0.256. The molecule has 0 unspecified atom stereocenters. The van der Waals surface area contributed by atoms with Crippen LogP contribution in [0.3, 0.4) is 0 Å². The number of carbonyl (C=O) groups is 1. The van der Waals surface area contributed by atoms with Gasteiger partial charge in [0.15, 0.2) is 11.5 Å². The standard InChI is InChI=1S/C22H16Cl2FNO4/c1-28-21-10-14(12-26-30-22(27)15-4-2-5-16(23)11-15)8-9-20(21)29-13-17-18(24)6-3-7-19(17)25/h2-12H,13H2,1H3/b26-12+. The van der Waals surface area contributed by atoms with Crippen LogP contribution < -0.4 is 9.47 Å². The third kappa shape index (κ3) is 5.49. The first-order valence-corrected chi connectivity index (χ1v) is 9.47. The van der Waals surface area contributed by atoms with Gasteiger partial charge in [0.2, 0.25) is 0 Å². The second-order valence-electron chi connectivity index (χ2n) is 6.02. The Labute approximate surface area is 182 Å². The summed E-state index contributed by atoms with van der Waals surface area (Å²) in [5, 5.41) is 4.39. The smallest absolute Gasteiger partial charge is 0.365 e. The lowest BCUT2D eigenvalue weighted by Crippen LogP contribution is -2.02. The molecule has 8 heteroatoms. The van der Waals surface area contributed by atoms with Crippen LogP contribution in [0.5, 0.6) is 11.5 Å². The van der Waals surface area contributed by atoms with Crippen molar-refractivity contribution in [3.05, 3.63) is 93.2 Å². The molecular formula is C22H16Cl2FNO4. The van der Waals surface area contributed by atoms with Crippen molar-refractivity contribution in [1.29, 1.82) is 0 Å². The first kappa shape index (κ1) is 21.6. The van der Waals surface area contributed by atoms with E-state index in [4.69, 9.17) is 37.5 Å². The van der Waals surface area contributed by atoms with Crippen molar-refractivity contribution in [3.63, 3.8) is 0 Å². The molecule has 0 amide bonds. The summed E-state index contributed by atoms with van der Waals surface area (Å²) >= 11 is 11.9. The Morgan fingerprint density at radius 2 is 1.87 bits per heavy atom. The summed E-state index contributed by atoms with van der Waals surface area (Å²) in [7, 11) is 1.47. The maximum atomic E-state index is 13.9. The zero-order valence-electron chi connectivity index (χ0n) is 15.8. The molecule has 0 spiro atoms. The SMILES string of the molecule is COc1cc(/C=N/OC(=O)c2cccc(Cl)c2)ccc1OCc1c(F)cccc1Cl. The monoisotopic (exact) mass is 447 g/mol. The molecule has 0 aliphatic carbocycles. The molecule has 30 heavy (non-hydrogen) atoms. The first-order valence-electron chi connectivity index (χ1n) is 8.72. The highest BCUT2D eigenvalue weighted by atomic mass is 35.5. The summed E-state index contributed by atoms with van der Waals surface area (Å²) in [6, 6.07) is 15.7. The summed E-state index contributed by atoms with van der Waals surface area (Å²) in [5.41, 5.74) is 1.13. The first-order chi connectivity index (χ1) is 14.5. The van der Waals surface area contributed by atoms with Crippen molar-refractivity contribution in [1.82, 2.24) is 0 Å². The van der Waals surface area contributed by atoms with E-state index in [0.717, 1.165) is 0 Å². The average molecular weight is 448 g/mol. The van der Waals surface area contributed by atoms with Crippen molar-refractivity contribution in [3.8, 4) is 11.5 Å². The van der Waals surface area contributed by atoms with Gasteiger partial charge in [-0.1, -0.05) is 40.5 Å². The van der Waals surface area contributed by atoms with Crippen molar-refractivity contribution in [2.75, 3.05) is 7.11 Å². The fraction of sp³-hybridized carbons (Fsp3) is 0.0909. The Morgan fingerprint density at radius 3 is 2.60 bits per heavy atom. The summed E-state index contributed by atoms with van der Waals surface area (Å²) in [6.45, 7) is -0.0629. The fourth-order valence-electron chi connectivity index (χ4n) is 2.51. The largest absolute Gasteiger partial charge is 0.493 e. The molecule has 0 aliphatic rings. The summed E-state index contributed by atoms with van der Waals surface area (Å²) < 4.78 is 24.8. The lowest BCUT2D eigenvalue weighted by Gasteiger charge is -2.12. The Kier molecular flexibility index (Phi) is 7.27. The van der Waals surface area contributed by atoms with E-state index in [2.05, 4.69) is 5.16 Å². The Hall–Kier alpha value is -3.09. The van der Waals surface area contributed by atoms with Crippen LogP contribution in [-0.4, -0.2) is 19.3 Å². The van der Waals surface area contributed by atoms with E-state index in [-0.39, 0.29) is 22.8 Å². The second-order valence-corrected chi connectivity index (χ2v) is 6.87. The van der Waals surface area contributed by atoms with Gasteiger partial charge in [0.1, 0.15) is 12.4 Å². The molecule has 0 saturated heterocycles. The van der Waals surface area contributed by atoms with Crippen LogP contribution in [0.1, 0.15) is 21.5 Å². The van der Waals surface area contributed by atoms with Gasteiger partial charge in [0, 0.05) is 16.1 Å². The molecule has 0 fully saturated rings. The molecule has 0 N–H and O–H groups in total. The minimum absolute atomic E-state index is 0.0629. The summed E-state index contributed by atoms with van der Waals surface area (Å²) in [6.07, 6.45) is 1.35. The van der Waals surface area contributed by atoms with Gasteiger partial charge in [-0.3, -0.25) is 0 Å². The summed E-state index contributed by atoms with van der Waals surface area (Å²) in [4.78, 5) is 16.8. The number of ether oxygens (including phenoxy) is 2. The molecule has 3 aromatic carbocycles. The van der Waals surface area contributed by atoms with Crippen LogP contribution in [0, 0.1) is 5.82 Å². The molecule has 0 aliphatic heterocycles. The number of rotatable bonds is 7. The van der Waals surface area contributed by atoms with E-state index in [1.165, 1.54) is 31.5 Å². The van der Waals surface area contributed by atoms with E-state index in [1.54, 1.807) is 42.5 Å². The zero-order valence-corrected chi connectivity index (χ0v) is 17.3. The maximum absolute atomic E-state index is 13.9. The van der Waals surface area contributed by atoms with Crippen LogP contribution >= 0.6 is 23.2 Å². The molecule has 0 atom stereocenters. The molecule has 3 aromatic rings. The van der Waals surface area contributed by atoms with Gasteiger partial charge in [0.25, 0.3) is 0 Å². The van der Waals surface area contributed by atoms with E-state index in [0.29, 0.717) is 22.1 Å². The number of oxime groups is 1. The summed E-state index contributed by atoms with van der Waals surface area (Å²) in [5.74, 6) is -0.299. The maximum Gasteiger partial charge on any atom is 0.365 e. The van der Waals surface area contributed by atoms with Crippen molar-refractivity contribution < 1.29 is 23.5 Å². The number of methoxy groups -OCH3 is 1. The highest BCUT2D eigenvalue weighted by Crippen LogP contribution is 2.29. The Morgan fingerprint density at radius 1 is 1.07 bits per heavy atom. The fourth-order valence-corrected chi connectivity index (χ4v) is 2.91. The molecule has 0 heterocycles. The molecular weight excluding hydrogens is 432 g/mol. The highest BCUT2D eigenvalue weighted by Gasteiger charge is 2.11. The van der Waals surface area contributed by atoms with Crippen molar-refractivity contribution in [2.24, 2.45) is 5.16 Å². The number of hydrogen-bond acceptors (Lipinski definition) is 5. The van der Waals surface area contributed by atoms with Crippen LogP contribution in [0.15, 0.2) is 65.8 Å². The van der Waals surface area contributed by atoms with Gasteiger partial charge in [-0.05, 0) is 48.5 Å². The normalized spacial score (nSPS) is 10.8. The van der Waals surface area contributed by atoms with Gasteiger partial charge in [0.05, 0.1) is 23.9 Å². The molecule has 5 nitrogen and oxygen atoms in total. The van der Waals surface area contributed by atoms with Gasteiger partial charge < -0.3 is 14.3 Å². The zero-order chi connectivity index (χ0) is 21.5. The Bertz CT molecular complexity index is 1070. The molecule has 0 saturated carbocycles. The van der Waals surface area contributed by atoms with Gasteiger partial charge >= 0.3 is 5.97 Å². The highest BCUT2D eigenvalue weighted by molar-refractivity contribution is 6.31. The molecule has 0 bridgehead atoms. The predicted octanol–water partition coefficient (Wildman–Crippen LogP) is 5.91. The Balaban J connectivity index is 1.66. The predicted molar refractivity (Wildman–Crippen MR) is 113 cm³/mol. The lowest BCUT2D eigenvalue weighted by molar-refractivity contribution is 0.0519. The second kappa shape index (κ2) is 10.1. The molecule has 0 aromatic heterocycles. The number of halogens is 3. The van der Waals surface area contributed by atoms with Crippen LogP contribution in [0.4, 0.5) is 4.39 Å². The molecule has 0 radical (unpaired) electrons. The van der Waals surface area contributed by atoms with E-state index >= 15 is 0 Å². The minimum Gasteiger partial charge on any atom is -0.493 e. The topological polar surface area (TPSA) is 57.1 Å². The van der Waals surface area contributed by atoms with Crippen LogP contribution in [0.25, 0.3) is 0 Å². The molecule has 3 rings (SSSR count). The number of nitrogens with zero attached hydrogens (tertiary/aromatic N) is 1. The van der Waals surface area contributed by atoms with Gasteiger partial charge in [-0.2, -0.15) is 0 Å². The average Bonchev–Trinajstić information content (AvgIpc) is 2.74. The van der Waals surface area contributed by atoms with Crippen LogP contribution in [-0.2, 0) is 11.4 Å². The third-order valence-electron chi connectivity index (χ3n) is 4.02. The third-order valence-corrected chi connectivity index (χ3v) is 4.61. The van der Waals surface area contributed by atoms with E-state index in [1.807, 2.05) is 0 Å². The van der Waals surface area contributed by atoms with Gasteiger partial charge in [-0.15, -0.1) is 0 Å². The number of benzene rings is 3. The van der Waals surface area contributed by atoms with E-state index in [9.17, 15) is 9.18 Å². The lowest BCUT2D eigenvalue weighted by atomic mass is 10.2. The van der Waals surface area contributed by atoms with Crippen LogP contribution in [0.2, 0.25) is 10.0 Å². The number of hydrogen-bond donors (Lipinski definition) is 0.